The molecule has 0 saturated heterocycles. The molecule has 14 heavy (non-hydrogen) atoms. The third-order valence-electron chi connectivity index (χ3n) is 2.99. The quantitative estimate of drug-likeness (QED) is 0.593. The average molecular weight is 199 g/mol. The molecule has 0 fully saturated rings. The van der Waals surface area contributed by atoms with Crippen molar-refractivity contribution >= 4 is 0 Å². The molecule has 0 heterocycles. The molecule has 85 valence electrons. The molecule has 0 bridgehead atoms. The van der Waals surface area contributed by atoms with Crippen LogP contribution in [0.3, 0.4) is 0 Å². The Hall–Kier alpha value is -0.0800. The normalized spacial score (nSPS) is 12.0. The lowest BCUT2D eigenvalue weighted by Gasteiger charge is -2.27. The standard InChI is InChI=1S/C12H27N2/c1-6-13(7-2)11-10-12(5)14(8-3)9-4/h6-11H2,1-5H3. The van der Waals surface area contributed by atoms with Gasteiger partial charge in [0.05, 0.1) is 0 Å². The van der Waals surface area contributed by atoms with Gasteiger partial charge in [-0.05, 0) is 46.1 Å². The minimum absolute atomic E-state index is 1.14. The Morgan fingerprint density at radius 2 is 1.36 bits per heavy atom. The zero-order valence-corrected chi connectivity index (χ0v) is 10.6. The first-order valence-electron chi connectivity index (χ1n) is 5.99. The van der Waals surface area contributed by atoms with Crippen molar-refractivity contribution in [2.45, 2.75) is 41.0 Å². The van der Waals surface area contributed by atoms with Crippen molar-refractivity contribution < 1.29 is 0 Å². The summed E-state index contributed by atoms with van der Waals surface area (Å²) < 4.78 is 0. The van der Waals surface area contributed by atoms with Crippen LogP contribution in [-0.2, 0) is 0 Å². The number of rotatable bonds is 8. The van der Waals surface area contributed by atoms with Crippen LogP contribution in [0.15, 0.2) is 0 Å². The summed E-state index contributed by atoms with van der Waals surface area (Å²) in [5.74, 6) is 0. The molecular formula is C12H27N2. The van der Waals surface area contributed by atoms with Crippen molar-refractivity contribution in [3.05, 3.63) is 6.04 Å². The van der Waals surface area contributed by atoms with Gasteiger partial charge in [-0.25, -0.2) is 0 Å². The smallest absolute Gasteiger partial charge is 0.0374 e. The molecule has 0 aromatic heterocycles. The van der Waals surface area contributed by atoms with Crippen molar-refractivity contribution in [3.8, 4) is 0 Å². The Morgan fingerprint density at radius 1 is 0.857 bits per heavy atom. The number of hydrogen-bond donors (Lipinski definition) is 0. The van der Waals surface area contributed by atoms with Crippen LogP contribution in [0.5, 0.6) is 0 Å². The molecule has 2 heteroatoms. The highest BCUT2D eigenvalue weighted by Crippen LogP contribution is 2.11. The molecule has 0 saturated carbocycles. The van der Waals surface area contributed by atoms with Gasteiger partial charge >= 0.3 is 0 Å². The molecule has 0 aromatic carbocycles. The predicted molar refractivity (Wildman–Crippen MR) is 64.2 cm³/mol. The van der Waals surface area contributed by atoms with Crippen LogP contribution in [0.4, 0.5) is 0 Å². The first-order valence-corrected chi connectivity index (χ1v) is 5.99. The summed E-state index contributed by atoms with van der Waals surface area (Å²) >= 11 is 0. The minimum Gasteiger partial charge on any atom is -0.304 e. The highest BCUT2D eigenvalue weighted by Gasteiger charge is 2.11. The van der Waals surface area contributed by atoms with Crippen LogP contribution in [0, 0.1) is 6.04 Å². The molecule has 0 rings (SSSR count). The number of hydrogen-bond acceptors (Lipinski definition) is 2. The van der Waals surface area contributed by atoms with Crippen LogP contribution in [-0.4, -0.2) is 42.5 Å². The summed E-state index contributed by atoms with van der Waals surface area (Å²) in [5.41, 5.74) is 0. The second-order valence-electron chi connectivity index (χ2n) is 3.68. The zero-order valence-electron chi connectivity index (χ0n) is 10.6. The van der Waals surface area contributed by atoms with Gasteiger partial charge in [0, 0.05) is 6.04 Å². The molecule has 0 atom stereocenters. The topological polar surface area (TPSA) is 6.48 Å². The Balaban J connectivity index is 3.75. The fourth-order valence-corrected chi connectivity index (χ4v) is 1.78. The van der Waals surface area contributed by atoms with Crippen molar-refractivity contribution in [3.63, 3.8) is 0 Å². The van der Waals surface area contributed by atoms with Crippen LogP contribution in [0.25, 0.3) is 0 Å². The molecule has 0 unspecified atom stereocenters. The third kappa shape index (κ3) is 4.97. The summed E-state index contributed by atoms with van der Waals surface area (Å²) in [7, 11) is 0. The van der Waals surface area contributed by atoms with Crippen LogP contribution < -0.4 is 0 Å². The maximum atomic E-state index is 2.48. The first-order chi connectivity index (χ1) is 6.69. The van der Waals surface area contributed by atoms with Gasteiger partial charge in [-0.1, -0.05) is 27.7 Å². The van der Waals surface area contributed by atoms with Gasteiger partial charge in [-0.15, -0.1) is 0 Å². The monoisotopic (exact) mass is 199 g/mol. The highest BCUT2D eigenvalue weighted by molar-refractivity contribution is 4.84. The van der Waals surface area contributed by atoms with Gasteiger partial charge in [0.1, 0.15) is 0 Å². The molecule has 0 N–H and O–H groups in total. The van der Waals surface area contributed by atoms with E-state index in [0.717, 1.165) is 13.1 Å². The highest BCUT2D eigenvalue weighted by atomic mass is 15.2. The second kappa shape index (κ2) is 8.25. The van der Waals surface area contributed by atoms with Crippen molar-refractivity contribution in [1.29, 1.82) is 0 Å². The third-order valence-corrected chi connectivity index (χ3v) is 2.99. The maximum Gasteiger partial charge on any atom is 0.0374 e. The second-order valence-corrected chi connectivity index (χ2v) is 3.68. The van der Waals surface area contributed by atoms with Gasteiger partial charge < -0.3 is 4.90 Å². The van der Waals surface area contributed by atoms with E-state index >= 15 is 0 Å². The maximum absolute atomic E-state index is 2.48. The van der Waals surface area contributed by atoms with E-state index in [1.807, 2.05) is 0 Å². The van der Waals surface area contributed by atoms with Crippen molar-refractivity contribution in [2.24, 2.45) is 0 Å². The van der Waals surface area contributed by atoms with E-state index in [2.05, 4.69) is 44.4 Å². The van der Waals surface area contributed by atoms with E-state index < -0.39 is 0 Å². The lowest BCUT2D eigenvalue weighted by Crippen LogP contribution is -2.31. The molecule has 0 aromatic rings. The summed E-state index contributed by atoms with van der Waals surface area (Å²) in [6.07, 6.45) is 1.21. The average Bonchev–Trinajstić information content (AvgIpc) is 2.21. The SMILES string of the molecule is CCN(CC)CC[C](C)N(CC)CC. The molecule has 1 radical (unpaired) electrons. The fourth-order valence-electron chi connectivity index (χ4n) is 1.78. The Bertz CT molecular complexity index is 117. The lowest BCUT2D eigenvalue weighted by atomic mass is 10.2. The molecule has 0 aliphatic rings. The molecular weight excluding hydrogens is 172 g/mol. The minimum atomic E-state index is 1.14. The fraction of sp³-hybridized carbons (Fsp3) is 0.917. The van der Waals surface area contributed by atoms with Gasteiger partial charge in [-0.2, -0.15) is 0 Å². The van der Waals surface area contributed by atoms with Gasteiger partial charge in [-0.3, -0.25) is 4.90 Å². The van der Waals surface area contributed by atoms with E-state index in [9.17, 15) is 0 Å². The van der Waals surface area contributed by atoms with Gasteiger partial charge in [0.15, 0.2) is 0 Å². The molecule has 0 amide bonds. The molecule has 2 nitrogen and oxygen atoms in total. The van der Waals surface area contributed by atoms with E-state index in [0.29, 0.717) is 0 Å². The van der Waals surface area contributed by atoms with E-state index in [1.54, 1.807) is 0 Å². The molecule has 0 aliphatic carbocycles. The van der Waals surface area contributed by atoms with Gasteiger partial charge in [0.25, 0.3) is 0 Å². The van der Waals surface area contributed by atoms with Crippen LogP contribution in [0.2, 0.25) is 0 Å². The first kappa shape index (κ1) is 13.9. The van der Waals surface area contributed by atoms with E-state index in [-0.39, 0.29) is 0 Å². The summed E-state index contributed by atoms with van der Waals surface area (Å²) in [5, 5.41) is 0. The van der Waals surface area contributed by atoms with Gasteiger partial charge in [0.2, 0.25) is 0 Å². The van der Waals surface area contributed by atoms with Crippen molar-refractivity contribution in [1.82, 2.24) is 9.80 Å². The summed E-state index contributed by atoms with van der Waals surface area (Å²) in [4.78, 5) is 4.93. The molecule has 0 spiro atoms. The summed E-state index contributed by atoms with van der Waals surface area (Å²) in [6.45, 7) is 17.0. The largest absolute Gasteiger partial charge is 0.304 e. The van der Waals surface area contributed by atoms with E-state index in [4.69, 9.17) is 0 Å². The van der Waals surface area contributed by atoms with Crippen molar-refractivity contribution in [2.75, 3.05) is 32.7 Å². The Kier molecular flexibility index (Phi) is 8.20. The number of nitrogens with zero attached hydrogens (tertiary/aromatic N) is 2. The Labute approximate surface area is 90.3 Å². The van der Waals surface area contributed by atoms with Crippen LogP contribution in [0.1, 0.15) is 41.0 Å². The summed E-state index contributed by atoms with van der Waals surface area (Å²) in [6, 6.07) is 1.53. The Morgan fingerprint density at radius 3 is 1.71 bits per heavy atom. The predicted octanol–water partition coefficient (Wildman–Crippen LogP) is 2.61. The lowest BCUT2D eigenvalue weighted by molar-refractivity contribution is 0.255. The molecule has 0 aliphatic heterocycles. The van der Waals surface area contributed by atoms with E-state index in [1.165, 1.54) is 32.1 Å². The zero-order chi connectivity index (χ0) is 11.0. The van der Waals surface area contributed by atoms with Crippen LogP contribution >= 0.6 is 0 Å².